The lowest BCUT2D eigenvalue weighted by molar-refractivity contribution is -0.132. The van der Waals surface area contributed by atoms with Crippen LogP contribution in [0, 0.1) is 0 Å². The number of halogens is 1. The fourth-order valence-corrected chi connectivity index (χ4v) is 1.28. The summed E-state index contributed by atoms with van der Waals surface area (Å²) >= 11 is 3.24. The molecule has 1 aliphatic rings. The molecular formula is C10H13BrO3. The van der Waals surface area contributed by atoms with E-state index in [1.54, 1.807) is 6.08 Å². The molecule has 3 nitrogen and oxygen atoms in total. The van der Waals surface area contributed by atoms with Gasteiger partial charge in [0.1, 0.15) is 5.60 Å². The van der Waals surface area contributed by atoms with Crippen LogP contribution < -0.4 is 0 Å². The largest absolute Gasteiger partial charge is 0.484 e. The lowest BCUT2D eigenvalue weighted by Crippen LogP contribution is -2.18. The Balaban J connectivity index is 2.80. The van der Waals surface area contributed by atoms with E-state index >= 15 is 0 Å². The van der Waals surface area contributed by atoms with Crippen LogP contribution in [0.1, 0.15) is 20.8 Å². The van der Waals surface area contributed by atoms with Gasteiger partial charge in [0.2, 0.25) is 0 Å². The van der Waals surface area contributed by atoms with Gasteiger partial charge in [0.05, 0.1) is 6.08 Å². The molecular weight excluding hydrogens is 248 g/mol. The second kappa shape index (κ2) is 4.17. The van der Waals surface area contributed by atoms with Gasteiger partial charge in [0, 0.05) is 5.33 Å². The lowest BCUT2D eigenvalue weighted by Gasteiger charge is -2.21. The Morgan fingerprint density at radius 2 is 2.21 bits per heavy atom. The van der Waals surface area contributed by atoms with E-state index in [1.165, 1.54) is 6.08 Å². The van der Waals surface area contributed by atoms with Crippen molar-refractivity contribution in [1.82, 2.24) is 0 Å². The number of carbonyl (C=O) groups is 1. The van der Waals surface area contributed by atoms with Crippen molar-refractivity contribution >= 4 is 21.9 Å². The van der Waals surface area contributed by atoms with E-state index in [0.29, 0.717) is 16.8 Å². The molecule has 0 atom stereocenters. The van der Waals surface area contributed by atoms with Crippen molar-refractivity contribution in [2.24, 2.45) is 0 Å². The molecule has 0 bridgehead atoms. The highest BCUT2D eigenvalue weighted by atomic mass is 79.9. The van der Waals surface area contributed by atoms with E-state index < -0.39 is 0 Å². The van der Waals surface area contributed by atoms with Gasteiger partial charge in [-0.15, -0.1) is 0 Å². The molecule has 78 valence electrons. The Labute approximate surface area is 91.9 Å². The Bertz CT molecular complexity index is 297. The van der Waals surface area contributed by atoms with Gasteiger partial charge in [-0.1, -0.05) is 15.9 Å². The van der Waals surface area contributed by atoms with E-state index in [-0.39, 0.29) is 11.6 Å². The molecule has 0 spiro atoms. The van der Waals surface area contributed by atoms with E-state index in [4.69, 9.17) is 9.47 Å². The molecule has 0 saturated carbocycles. The summed E-state index contributed by atoms with van der Waals surface area (Å²) in [5.74, 6) is 0.611. The van der Waals surface area contributed by atoms with Crippen LogP contribution in [0.3, 0.4) is 0 Å². The minimum atomic E-state index is -0.378. The molecule has 0 aromatic carbocycles. The third-order valence-electron chi connectivity index (χ3n) is 1.38. The molecule has 1 heterocycles. The van der Waals surface area contributed by atoms with Crippen molar-refractivity contribution in [2.75, 3.05) is 5.33 Å². The molecule has 0 aromatic rings. The fourth-order valence-electron chi connectivity index (χ4n) is 0.988. The van der Waals surface area contributed by atoms with Gasteiger partial charge < -0.3 is 9.47 Å². The van der Waals surface area contributed by atoms with E-state index in [2.05, 4.69) is 15.9 Å². The Hall–Kier alpha value is -0.770. The number of hydrogen-bond acceptors (Lipinski definition) is 3. The molecule has 0 aliphatic carbocycles. The predicted octanol–water partition coefficient (Wildman–Crippen LogP) is 2.52. The quantitative estimate of drug-likeness (QED) is 0.566. The Morgan fingerprint density at radius 1 is 1.57 bits per heavy atom. The summed E-state index contributed by atoms with van der Waals surface area (Å²) in [4.78, 5) is 11.0. The van der Waals surface area contributed by atoms with E-state index in [1.807, 2.05) is 20.8 Å². The highest BCUT2D eigenvalue weighted by Gasteiger charge is 2.25. The van der Waals surface area contributed by atoms with Gasteiger partial charge in [-0.2, -0.15) is 0 Å². The minimum Gasteiger partial charge on any atom is -0.484 e. The second-order valence-electron chi connectivity index (χ2n) is 3.87. The molecule has 4 heteroatoms. The number of esters is 1. The summed E-state index contributed by atoms with van der Waals surface area (Å²) in [6.45, 7) is 5.76. The summed E-state index contributed by atoms with van der Waals surface area (Å²) in [5, 5.41) is 0.625. The topological polar surface area (TPSA) is 35.5 Å². The van der Waals surface area contributed by atoms with Crippen molar-refractivity contribution in [1.29, 1.82) is 0 Å². The van der Waals surface area contributed by atoms with Crippen molar-refractivity contribution in [3.63, 3.8) is 0 Å². The first-order valence-electron chi connectivity index (χ1n) is 4.31. The molecule has 14 heavy (non-hydrogen) atoms. The molecule has 0 radical (unpaired) electrons. The fraction of sp³-hybridized carbons (Fsp3) is 0.500. The number of hydrogen-bond donors (Lipinski definition) is 0. The first-order valence-corrected chi connectivity index (χ1v) is 5.43. The van der Waals surface area contributed by atoms with Crippen molar-refractivity contribution in [2.45, 2.75) is 26.4 Å². The summed E-state index contributed by atoms with van der Waals surface area (Å²) in [7, 11) is 0. The molecule has 0 unspecified atom stereocenters. The highest BCUT2D eigenvalue weighted by molar-refractivity contribution is 9.09. The molecule has 0 amide bonds. The summed E-state index contributed by atoms with van der Waals surface area (Å²) < 4.78 is 10.5. The van der Waals surface area contributed by atoms with Crippen LogP contribution in [0.25, 0.3) is 0 Å². The molecule has 1 rings (SSSR count). The first kappa shape index (κ1) is 11.3. The average Bonchev–Trinajstić information content (AvgIpc) is 2.28. The monoisotopic (exact) mass is 260 g/mol. The zero-order valence-corrected chi connectivity index (χ0v) is 10.1. The Morgan fingerprint density at radius 3 is 2.71 bits per heavy atom. The van der Waals surface area contributed by atoms with Crippen LogP contribution in [0.15, 0.2) is 23.7 Å². The number of allylic oxidation sites excluding steroid dienone is 1. The van der Waals surface area contributed by atoms with Gasteiger partial charge in [0.25, 0.3) is 0 Å². The van der Waals surface area contributed by atoms with Crippen LogP contribution in [-0.4, -0.2) is 16.9 Å². The lowest BCUT2D eigenvalue weighted by atomic mass is 10.2. The second-order valence-corrected chi connectivity index (χ2v) is 4.51. The molecule has 1 aliphatic heterocycles. The van der Waals surface area contributed by atoms with Crippen molar-refractivity contribution in [3.05, 3.63) is 23.7 Å². The Kier molecular flexibility index (Phi) is 3.37. The maximum absolute atomic E-state index is 11.0. The maximum atomic E-state index is 11.0. The van der Waals surface area contributed by atoms with Crippen LogP contribution in [0.2, 0.25) is 0 Å². The van der Waals surface area contributed by atoms with Gasteiger partial charge in [-0.3, -0.25) is 0 Å². The summed E-state index contributed by atoms with van der Waals surface area (Å²) in [6, 6.07) is 0. The predicted molar refractivity (Wildman–Crippen MR) is 56.9 cm³/mol. The minimum absolute atomic E-state index is 0.328. The molecule has 0 N–H and O–H groups in total. The van der Waals surface area contributed by atoms with Crippen LogP contribution in [-0.2, 0) is 14.3 Å². The van der Waals surface area contributed by atoms with Crippen LogP contribution >= 0.6 is 15.9 Å². The SMILES string of the molecule is CC(C)(C)OC1=CC(=O)OC1=CCBr. The molecule has 0 saturated heterocycles. The highest BCUT2D eigenvalue weighted by Crippen LogP contribution is 2.25. The van der Waals surface area contributed by atoms with E-state index in [9.17, 15) is 4.79 Å². The first-order chi connectivity index (χ1) is 6.42. The third kappa shape index (κ3) is 3.18. The third-order valence-corrected chi connectivity index (χ3v) is 1.70. The van der Waals surface area contributed by atoms with Crippen molar-refractivity contribution < 1.29 is 14.3 Å². The maximum Gasteiger partial charge on any atom is 0.340 e. The number of rotatable bonds is 2. The number of cyclic esters (lactones) is 1. The zero-order valence-electron chi connectivity index (χ0n) is 8.46. The van der Waals surface area contributed by atoms with Gasteiger partial charge in [-0.25, -0.2) is 4.79 Å². The van der Waals surface area contributed by atoms with Crippen LogP contribution in [0.5, 0.6) is 0 Å². The smallest absolute Gasteiger partial charge is 0.340 e. The van der Waals surface area contributed by atoms with E-state index in [0.717, 1.165) is 0 Å². The normalized spacial score (nSPS) is 19.6. The number of alkyl halides is 1. The van der Waals surface area contributed by atoms with Gasteiger partial charge in [0.15, 0.2) is 11.5 Å². The number of ether oxygens (including phenoxy) is 2. The standard InChI is InChI=1S/C10H13BrO3/c1-10(2,3)14-8-6-9(12)13-7(8)4-5-11/h4,6H,5H2,1-3H3. The molecule has 0 fully saturated rings. The van der Waals surface area contributed by atoms with Crippen molar-refractivity contribution in [3.8, 4) is 0 Å². The molecule has 0 aromatic heterocycles. The number of carbonyl (C=O) groups excluding carboxylic acids is 1. The zero-order chi connectivity index (χ0) is 10.8. The van der Waals surface area contributed by atoms with Gasteiger partial charge in [-0.05, 0) is 26.8 Å². The summed E-state index contributed by atoms with van der Waals surface area (Å²) in [5.41, 5.74) is -0.328. The summed E-state index contributed by atoms with van der Waals surface area (Å²) in [6.07, 6.45) is 3.11. The average molecular weight is 261 g/mol. The van der Waals surface area contributed by atoms with Gasteiger partial charge >= 0.3 is 5.97 Å². The van der Waals surface area contributed by atoms with Crippen LogP contribution in [0.4, 0.5) is 0 Å².